The van der Waals surface area contributed by atoms with Crippen molar-refractivity contribution in [1.29, 1.82) is 5.41 Å². The highest BCUT2D eigenvalue weighted by Crippen LogP contribution is 2.07. The number of nitrogens with one attached hydrogen (secondary N) is 1. The lowest BCUT2D eigenvalue weighted by Gasteiger charge is -2.09. The largest absolute Gasteiger partial charge is 0.382 e. The van der Waals surface area contributed by atoms with Gasteiger partial charge in [-0.15, -0.1) is 0 Å². The normalized spacial score (nSPS) is 10.5. The van der Waals surface area contributed by atoms with Crippen molar-refractivity contribution in [2.75, 3.05) is 0 Å². The molecule has 0 aromatic carbocycles. The Bertz CT molecular complexity index is 261. The van der Waals surface area contributed by atoms with Crippen molar-refractivity contribution in [3.63, 3.8) is 0 Å². The van der Waals surface area contributed by atoms with Crippen LogP contribution in [0, 0.1) is 5.41 Å². The Balaban J connectivity index is 3.06. The van der Waals surface area contributed by atoms with Gasteiger partial charge < -0.3 is 10.3 Å². The van der Waals surface area contributed by atoms with E-state index in [0.29, 0.717) is 11.7 Å². The number of aromatic nitrogens is 2. The second kappa shape index (κ2) is 2.74. The van der Waals surface area contributed by atoms with Crippen molar-refractivity contribution in [2.24, 2.45) is 5.73 Å². The molecule has 0 unspecified atom stereocenters. The van der Waals surface area contributed by atoms with Gasteiger partial charge in [-0.2, -0.15) is 0 Å². The van der Waals surface area contributed by atoms with E-state index >= 15 is 0 Å². The molecule has 1 heterocycles. The summed E-state index contributed by atoms with van der Waals surface area (Å²) in [7, 11) is 0. The van der Waals surface area contributed by atoms with E-state index in [0.717, 1.165) is 0 Å². The first-order valence-corrected chi connectivity index (χ1v) is 3.49. The Kier molecular flexibility index (Phi) is 1.94. The summed E-state index contributed by atoms with van der Waals surface area (Å²) in [5.41, 5.74) is 6.00. The molecular formula is C7H12N4. The summed E-state index contributed by atoms with van der Waals surface area (Å²) in [5, 5.41) is 7.20. The maximum Gasteiger partial charge on any atom is 0.141 e. The zero-order chi connectivity index (χ0) is 8.43. The van der Waals surface area contributed by atoms with Gasteiger partial charge in [0.15, 0.2) is 0 Å². The summed E-state index contributed by atoms with van der Waals surface area (Å²) in [6, 6.07) is 0.302. The molecule has 60 valence electrons. The third-order valence-corrected chi connectivity index (χ3v) is 1.50. The number of hydrogen-bond acceptors (Lipinski definition) is 2. The van der Waals surface area contributed by atoms with Crippen LogP contribution in [-0.4, -0.2) is 15.4 Å². The molecule has 0 spiro atoms. The molecular weight excluding hydrogens is 140 g/mol. The molecule has 1 aromatic rings. The number of nitrogen functional groups attached to an aromatic ring is 1. The standard InChI is InChI=1S/C7H12N4/c1-5(2)11-4-10-3-6(11)7(8)9/h3-5H,1-2H3,(H3,8,9). The zero-order valence-corrected chi connectivity index (χ0v) is 6.70. The number of hydrogen-bond donors (Lipinski definition) is 2. The Morgan fingerprint density at radius 2 is 2.36 bits per heavy atom. The number of rotatable bonds is 2. The highest BCUT2D eigenvalue weighted by Gasteiger charge is 2.06. The van der Waals surface area contributed by atoms with Crippen LogP contribution in [0.15, 0.2) is 12.5 Å². The lowest BCUT2D eigenvalue weighted by Crippen LogP contribution is -2.17. The van der Waals surface area contributed by atoms with Crippen LogP contribution in [0.1, 0.15) is 25.6 Å². The highest BCUT2D eigenvalue weighted by atomic mass is 15.1. The third-order valence-electron chi connectivity index (χ3n) is 1.50. The SMILES string of the molecule is CC(C)n1cncc1C(=N)N. The molecule has 0 atom stereocenters. The van der Waals surface area contributed by atoms with Crippen molar-refractivity contribution in [2.45, 2.75) is 19.9 Å². The molecule has 1 rings (SSSR count). The van der Waals surface area contributed by atoms with Gasteiger partial charge in [-0.3, -0.25) is 5.41 Å². The summed E-state index contributed by atoms with van der Waals surface area (Å²) < 4.78 is 1.86. The van der Waals surface area contributed by atoms with Gasteiger partial charge in [-0.1, -0.05) is 0 Å². The van der Waals surface area contributed by atoms with Crippen molar-refractivity contribution in [1.82, 2.24) is 9.55 Å². The lowest BCUT2D eigenvalue weighted by molar-refractivity contribution is 0.595. The van der Waals surface area contributed by atoms with Crippen LogP contribution < -0.4 is 5.73 Å². The smallest absolute Gasteiger partial charge is 0.141 e. The van der Waals surface area contributed by atoms with Gasteiger partial charge in [0.1, 0.15) is 11.5 Å². The first kappa shape index (κ1) is 7.78. The predicted molar refractivity (Wildman–Crippen MR) is 43.6 cm³/mol. The first-order valence-electron chi connectivity index (χ1n) is 3.49. The van der Waals surface area contributed by atoms with E-state index in [4.69, 9.17) is 11.1 Å². The van der Waals surface area contributed by atoms with E-state index in [-0.39, 0.29) is 5.84 Å². The van der Waals surface area contributed by atoms with E-state index < -0.39 is 0 Å². The summed E-state index contributed by atoms with van der Waals surface area (Å²) in [6.45, 7) is 4.04. The predicted octanol–water partition coefficient (Wildman–Crippen LogP) is 0.748. The zero-order valence-electron chi connectivity index (χ0n) is 6.70. The highest BCUT2D eigenvalue weighted by molar-refractivity contribution is 5.93. The van der Waals surface area contributed by atoms with E-state index in [9.17, 15) is 0 Å². The Morgan fingerprint density at radius 1 is 1.73 bits per heavy atom. The second-order valence-corrected chi connectivity index (χ2v) is 2.69. The van der Waals surface area contributed by atoms with Gasteiger partial charge in [0.05, 0.1) is 12.5 Å². The fraction of sp³-hybridized carbons (Fsp3) is 0.429. The van der Waals surface area contributed by atoms with E-state index in [2.05, 4.69) is 4.98 Å². The fourth-order valence-electron chi connectivity index (χ4n) is 0.925. The maximum atomic E-state index is 7.20. The average molecular weight is 152 g/mol. The minimum Gasteiger partial charge on any atom is -0.382 e. The molecule has 0 aliphatic heterocycles. The minimum atomic E-state index is 0.0659. The van der Waals surface area contributed by atoms with Crippen LogP contribution in [0.3, 0.4) is 0 Å². The minimum absolute atomic E-state index is 0.0659. The molecule has 0 saturated heterocycles. The van der Waals surface area contributed by atoms with Crippen molar-refractivity contribution < 1.29 is 0 Å². The molecule has 3 N–H and O–H groups in total. The van der Waals surface area contributed by atoms with Gasteiger partial charge in [-0.05, 0) is 13.8 Å². The molecule has 4 nitrogen and oxygen atoms in total. The van der Waals surface area contributed by atoms with Gasteiger partial charge in [-0.25, -0.2) is 4.98 Å². The van der Waals surface area contributed by atoms with Crippen LogP contribution in [0.2, 0.25) is 0 Å². The number of amidine groups is 1. The molecule has 0 bridgehead atoms. The van der Waals surface area contributed by atoms with E-state index in [1.54, 1.807) is 12.5 Å². The Labute approximate surface area is 65.6 Å². The lowest BCUT2D eigenvalue weighted by atomic mass is 10.3. The summed E-state index contributed by atoms with van der Waals surface area (Å²) in [6.07, 6.45) is 3.28. The molecule has 4 heteroatoms. The number of imidazole rings is 1. The first-order chi connectivity index (χ1) is 5.13. The number of nitrogens with zero attached hydrogens (tertiary/aromatic N) is 2. The van der Waals surface area contributed by atoms with Crippen molar-refractivity contribution >= 4 is 5.84 Å². The van der Waals surface area contributed by atoms with Crippen molar-refractivity contribution in [3.05, 3.63) is 18.2 Å². The molecule has 0 radical (unpaired) electrons. The summed E-state index contributed by atoms with van der Waals surface area (Å²) in [4.78, 5) is 3.91. The molecule has 0 aliphatic carbocycles. The van der Waals surface area contributed by atoms with Gasteiger partial charge in [0, 0.05) is 6.04 Å². The molecule has 0 fully saturated rings. The van der Waals surface area contributed by atoms with Gasteiger partial charge >= 0.3 is 0 Å². The van der Waals surface area contributed by atoms with E-state index in [1.807, 2.05) is 18.4 Å². The maximum absolute atomic E-state index is 7.20. The monoisotopic (exact) mass is 152 g/mol. The number of nitrogens with two attached hydrogens (primary N) is 1. The van der Waals surface area contributed by atoms with Crippen LogP contribution in [0.5, 0.6) is 0 Å². The third kappa shape index (κ3) is 1.39. The van der Waals surface area contributed by atoms with Crippen LogP contribution in [0.25, 0.3) is 0 Å². The van der Waals surface area contributed by atoms with Gasteiger partial charge in [0.2, 0.25) is 0 Å². The summed E-state index contributed by atoms with van der Waals surface area (Å²) in [5.74, 6) is 0.0659. The molecule has 1 aromatic heterocycles. The van der Waals surface area contributed by atoms with Crippen LogP contribution in [0.4, 0.5) is 0 Å². The topological polar surface area (TPSA) is 67.7 Å². The van der Waals surface area contributed by atoms with Crippen LogP contribution >= 0.6 is 0 Å². The second-order valence-electron chi connectivity index (χ2n) is 2.69. The molecule has 0 aliphatic rings. The Hall–Kier alpha value is -1.32. The average Bonchev–Trinajstić information content (AvgIpc) is 2.32. The van der Waals surface area contributed by atoms with E-state index in [1.165, 1.54) is 0 Å². The molecule has 0 amide bonds. The molecule has 0 saturated carbocycles. The molecule has 11 heavy (non-hydrogen) atoms. The quantitative estimate of drug-likeness (QED) is 0.485. The fourth-order valence-corrected chi connectivity index (χ4v) is 0.925. The van der Waals surface area contributed by atoms with Crippen molar-refractivity contribution in [3.8, 4) is 0 Å². The van der Waals surface area contributed by atoms with Crippen LogP contribution in [-0.2, 0) is 0 Å². The van der Waals surface area contributed by atoms with Gasteiger partial charge in [0.25, 0.3) is 0 Å². The summed E-state index contributed by atoms with van der Waals surface area (Å²) >= 11 is 0. The Morgan fingerprint density at radius 3 is 2.73 bits per heavy atom.